The number of carbonyl (C=O) groups excluding carboxylic acids is 1. The van der Waals surface area contributed by atoms with Crippen molar-refractivity contribution in [3.8, 4) is 0 Å². The standard InChI is InChI=1S/C20H26N4OS/c1-3-9-22-19(25)16-7-12-24(13-8-16)18-20(23-11-10-21-18)26-17-6-4-5-15(2)14-17/h4-6,10-11,14,16H,3,7-9,12-13H2,1-2H3,(H,22,25). The Morgan fingerprint density at radius 3 is 2.77 bits per heavy atom. The SMILES string of the molecule is CCCNC(=O)C1CCN(c2nccnc2Sc2cccc(C)c2)CC1. The summed E-state index contributed by atoms with van der Waals surface area (Å²) in [5, 5.41) is 3.94. The van der Waals surface area contributed by atoms with E-state index >= 15 is 0 Å². The Morgan fingerprint density at radius 2 is 2.04 bits per heavy atom. The molecule has 0 spiro atoms. The minimum Gasteiger partial charge on any atom is -0.356 e. The summed E-state index contributed by atoms with van der Waals surface area (Å²) in [7, 11) is 0. The van der Waals surface area contributed by atoms with E-state index in [2.05, 4.69) is 58.3 Å². The molecule has 1 N–H and O–H groups in total. The Bertz CT molecular complexity index is 744. The zero-order valence-corrected chi connectivity index (χ0v) is 16.3. The first kappa shape index (κ1) is 18.7. The molecule has 0 radical (unpaired) electrons. The smallest absolute Gasteiger partial charge is 0.223 e. The highest BCUT2D eigenvalue weighted by atomic mass is 32.2. The number of rotatable bonds is 6. The number of aromatic nitrogens is 2. The quantitative estimate of drug-likeness (QED) is 0.841. The first-order chi connectivity index (χ1) is 12.7. The second-order valence-electron chi connectivity index (χ2n) is 6.66. The molecule has 0 bridgehead atoms. The molecule has 3 rings (SSSR count). The fourth-order valence-corrected chi connectivity index (χ4v) is 4.14. The molecule has 0 saturated carbocycles. The van der Waals surface area contributed by atoms with Crippen molar-refractivity contribution in [1.29, 1.82) is 0 Å². The van der Waals surface area contributed by atoms with Gasteiger partial charge in [-0.25, -0.2) is 9.97 Å². The van der Waals surface area contributed by atoms with Gasteiger partial charge in [-0.15, -0.1) is 0 Å². The van der Waals surface area contributed by atoms with E-state index in [1.807, 2.05) is 0 Å². The normalized spacial score (nSPS) is 15.1. The maximum Gasteiger partial charge on any atom is 0.223 e. The van der Waals surface area contributed by atoms with Gasteiger partial charge < -0.3 is 10.2 Å². The van der Waals surface area contributed by atoms with Crippen LogP contribution in [0.4, 0.5) is 5.82 Å². The van der Waals surface area contributed by atoms with Crippen molar-refractivity contribution in [3.63, 3.8) is 0 Å². The molecule has 2 heterocycles. The first-order valence-corrected chi connectivity index (χ1v) is 10.1. The molecule has 138 valence electrons. The van der Waals surface area contributed by atoms with Gasteiger partial charge in [-0.3, -0.25) is 4.79 Å². The molecule has 0 aliphatic carbocycles. The number of piperidine rings is 1. The third-order valence-electron chi connectivity index (χ3n) is 4.57. The lowest BCUT2D eigenvalue weighted by Crippen LogP contribution is -2.41. The highest BCUT2D eigenvalue weighted by Gasteiger charge is 2.26. The minimum absolute atomic E-state index is 0.113. The maximum atomic E-state index is 12.2. The van der Waals surface area contributed by atoms with E-state index in [1.54, 1.807) is 24.2 Å². The summed E-state index contributed by atoms with van der Waals surface area (Å²) in [5.41, 5.74) is 1.24. The lowest BCUT2D eigenvalue weighted by Gasteiger charge is -2.32. The van der Waals surface area contributed by atoms with E-state index in [0.29, 0.717) is 0 Å². The van der Waals surface area contributed by atoms with Crippen LogP contribution in [0.2, 0.25) is 0 Å². The van der Waals surface area contributed by atoms with Gasteiger partial charge in [0.25, 0.3) is 0 Å². The van der Waals surface area contributed by atoms with Crippen molar-refractivity contribution in [3.05, 3.63) is 42.2 Å². The number of nitrogens with one attached hydrogen (secondary N) is 1. The van der Waals surface area contributed by atoms with Crippen LogP contribution in [0.15, 0.2) is 46.6 Å². The summed E-state index contributed by atoms with van der Waals surface area (Å²) < 4.78 is 0. The molecular weight excluding hydrogens is 344 g/mol. The molecule has 1 aliphatic heterocycles. The van der Waals surface area contributed by atoms with Gasteiger partial charge in [0.1, 0.15) is 5.03 Å². The van der Waals surface area contributed by atoms with Crippen LogP contribution >= 0.6 is 11.8 Å². The predicted octanol–water partition coefficient (Wildman–Crippen LogP) is 3.68. The number of nitrogens with zero attached hydrogens (tertiary/aromatic N) is 3. The van der Waals surface area contributed by atoms with Crippen LogP contribution in [0.25, 0.3) is 0 Å². The van der Waals surface area contributed by atoms with Crippen molar-refractivity contribution in [2.24, 2.45) is 5.92 Å². The third kappa shape index (κ3) is 4.75. The molecule has 1 aliphatic rings. The van der Waals surface area contributed by atoms with E-state index in [-0.39, 0.29) is 11.8 Å². The van der Waals surface area contributed by atoms with Crippen LogP contribution in [0.5, 0.6) is 0 Å². The van der Waals surface area contributed by atoms with Crippen LogP contribution in [0.3, 0.4) is 0 Å². The number of aryl methyl sites for hydroxylation is 1. The molecule has 0 unspecified atom stereocenters. The summed E-state index contributed by atoms with van der Waals surface area (Å²) in [6, 6.07) is 8.41. The van der Waals surface area contributed by atoms with Crippen molar-refractivity contribution in [2.75, 3.05) is 24.5 Å². The average Bonchev–Trinajstić information content (AvgIpc) is 2.67. The van der Waals surface area contributed by atoms with Crippen molar-refractivity contribution < 1.29 is 4.79 Å². The molecule has 1 saturated heterocycles. The van der Waals surface area contributed by atoms with Gasteiger partial charge in [0.05, 0.1) is 0 Å². The molecule has 2 aromatic rings. The van der Waals surface area contributed by atoms with Gasteiger partial charge >= 0.3 is 0 Å². The zero-order chi connectivity index (χ0) is 18.4. The van der Waals surface area contributed by atoms with Gasteiger partial charge in [-0.1, -0.05) is 36.4 Å². The van der Waals surface area contributed by atoms with Crippen LogP contribution in [0.1, 0.15) is 31.7 Å². The van der Waals surface area contributed by atoms with E-state index in [0.717, 1.165) is 49.7 Å². The maximum absolute atomic E-state index is 12.2. The monoisotopic (exact) mass is 370 g/mol. The van der Waals surface area contributed by atoms with Gasteiger partial charge in [0.15, 0.2) is 5.82 Å². The summed E-state index contributed by atoms with van der Waals surface area (Å²) in [6.45, 7) is 6.61. The summed E-state index contributed by atoms with van der Waals surface area (Å²) in [4.78, 5) is 24.7. The van der Waals surface area contributed by atoms with Crippen molar-refractivity contribution >= 4 is 23.5 Å². The van der Waals surface area contributed by atoms with Gasteiger partial charge in [0, 0.05) is 42.8 Å². The topological polar surface area (TPSA) is 58.1 Å². The number of benzene rings is 1. The Morgan fingerprint density at radius 1 is 1.27 bits per heavy atom. The number of hydrogen-bond acceptors (Lipinski definition) is 5. The minimum atomic E-state index is 0.113. The second-order valence-corrected chi connectivity index (χ2v) is 7.72. The van der Waals surface area contributed by atoms with Gasteiger partial charge in [0.2, 0.25) is 5.91 Å². The van der Waals surface area contributed by atoms with Crippen molar-refractivity contribution in [2.45, 2.75) is 43.0 Å². The molecule has 1 fully saturated rings. The Balaban J connectivity index is 1.66. The van der Waals surface area contributed by atoms with Crippen LogP contribution < -0.4 is 10.2 Å². The van der Waals surface area contributed by atoms with E-state index in [4.69, 9.17) is 0 Å². The highest BCUT2D eigenvalue weighted by Crippen LogP contribution is 2.34. The lowest BCUT2D eigenvalue weighted by atomic mass is 9.96. The summed E-state index contributed by atoms with van der Waals surface area (Å²) in [5.74, 6) is 1.23. The molecule has 0 atom stereocenters. The fourth-order valence-electron chi connectivity index (χ4n) is 3.14. The van der Waals surface area contributed by atoms with Crippen molar-refractivity contribution in [1.82, 2.24) is 15.3 Å². The average molecular weight is 371 g/mol. The molecule has 6 heteroatoms. The van der Waals surface area contributed by atoms with E-state index in [1.165, 1.54) is 10.5 Å². The Kier molecular flexibility index (Phi) is 6.50. The van der Waals surface area contributed by atoms with Crippen LogP contribution in [0, 0.1) is 12.8 Å². The Hall–Kier alpha value is -2.08. The molecular formula is C20H26N4OS. The molecule has 1 amide bonds. The first-order valence-electron chi connectivity index (χ1n) is 9.25. The van der Waals surface area contributed by atoms with Crippen LogP contribution in [-0.4, -0.2) is 35.5 Å². The third-order valence-corrected chi connectivity index (χ3v) is 5.54. The highest BCUT2D eigenvalue weighted by molar-refractivity contribution is 7.99. The molecule has 1 aromatic carbocycles. The predicted molar refractivity (Wildman–Crippen MR) is 106 cm³/mol. The second kappa shape index (κ2) is 9.03. The van der Waals surface area contributed by atoms with Crippen LogP contribution in [-0.2, 0) is 4.79 Å². The zero-order valence-electron chi connectivity index (χ0n) is 15.4. The van der Waals surface area contributed by atoms with Gasteiger partial charge in [-0.2, -0.15) is 0 Å². The number of carbonyl (C=O) groups is 1. The van der Waals surface area contributed by atoms with E-state index < -0.39 is 0 Å². The van der Waals surface area contributed by atoms with Gasteiger partial charge in [-0.05, 0) is 38.3 Å². The molecule has 26 heavy (non-hydrogen) atoms. The van der Waals surface area contributed by atoms with E-state index in [9.17, 15) is 4.79 Å². The largest absolute Gasteiger partial charge is 0.356 e. The number of hydrogen-bond donors (Lipinski definition) is 1. The fraction of sp³-hybridized carbons (Fsp3) is 0.450. The summed E-state index contributed by atoms with van der Waals surface area (Å²) >= 11 is 1.65. The lowest BCUT2D eigenvalue weighted by molar-refractivity contribution is -0.125. The Labute approximate surface area is 159 Å². The number of amides is 1. The number of anilines is 1. The summed E-state index contributed by atoms with van der Waals surface area (Å²) in [6.07, 6.45) is 6.19. The molecule has 5 nitrogen and oxygen atoms in total. The molecule has 1 aromatic heterocycles.